The molecular weight excluding hydrogens is 1140 g/mol. The maximum atomic E-state index is 13.1. The van der Waals surface area contributed by atoms with E-state index < -0.39 is 48.5 Å². The number of benzene rings is 3. The van der Waals surface area contributed by atoms with Crippen LogP contribution in [0.15, 0.2) is 54.9 Å². The van der Waals surface area contributed by atoms with Gasteiger partial charge in [-0.2, -0.15) is 0 Å². The number of amides is 1. The van der Waals surface area contributed by atoms with E-state index in [-0.39, 0.29) is 102 Å². The zero-order chi connectivity index (χ0) is 60.8. The second kappa shape index (κ2) is 28.8. The van der Waals surface area contributed by atoms with Crippen molar-refractivity contribution in [3.63, 3.8) is 0 Å². The van der Waals surface area contributed by atoms with Gasteiger partial charge in [0.1, 0.15) is 13.5 Å². The second-order valence-electron chi connectivity index (χ2n) is 26.9. The van der Waals surface area contributed by atoms with Crippen molar-refractivity contribution in [3.8, 4) is 40.6 Å². The number of hydrogen-bond donors (Lipinski definition) is 9. The SMILES string of the molecule is COc1cc(C[C@H]2[C@H](O)CSS[C@@H]3C[C@@H](O)c4cccc5cn(cc45)COCCC[C@@H]4NC(=O)C[C@H]4[C@H](O)CC[C@@H]4CC[C@H](C)C[C@@]45C#CCC4(CCCCC4)NC[C@H]4CC[C@@H](C[C@H]45)Oc4cc(c3cc4O)CC[C@H](OCO)C[C@H]2O)cc(OC)c1O. The van der Waals surface area contributed by atoms with Gasteiger partial charge in [-0.25, -0.2) is 0 Å². The van der Waals surface area contributed by atoms with Crippen molar-refractivity contribution in [2.24, 2.45) is 40.9 Å². The standard InChI is InChI=1S/C69H95N3O13S2/c1-42-13-16-47-17-20-57(74)52-33-66(79)71-56(52)12-8-25-83-40-72-37-46-10-7-11-50(54(46)38-72)59(76)34-65-51-32-60(77)62(85-49-19-15-45-36-70-68(21-5-4-6-22-68)23-9-24-69(47,35-42)55(45)30-49)29-44(51)14-18-48(84-41-73)31-58(75)53(61(78)39-86-87-65)26-43-27-63(81-2)67(80)64(28-43)82-3/h7,10-11,27-29,32,37-38,42,45,47-49,52-53,55-59,61,65,70,73-78,80H,4-6,8,12-23,25-26,30-31,33-36,39-41H2,1-3H3,(H,71,79)/t42-,45+,47-,48-,49-,52+,53+,55+,56-,57+,58+,59+,61+,65+,69-/m0/s1. The average Bonchev–Trinajstić information content (AvgIpc) is 1.89. The van der Waals surface area contributed by atoms with E-state index in [1.807, 2.05) is 47.3 Å². The molecule has 15 atom stereocenters. The number of phenols is 2. The highest BCUT2D eigenvalue weighted by molar-refractivity contribution is 8.76. The number of hydrogen-bond acceptors (Lipinski definition) is 16. The topological polar surface area (TPSA) is 234 Å². The number of carbonyl (C=O) groups excluding carboxylic acids is 1. The Labute approximate surface area is 522 Å². The van der Waals surface area contributed by atoms with Crippen LogP contribution in [0.1, 0.15) is 169 Å². The summed E-state index contributed by atoms with van der Waals surface area (Å²) >= 11 is 0. The third-order valence-corrected chi connectivity index (χ3v) is 24.2. The van der Waals surface area contributed by atoms with Gasteiger partial charge in [0.2, 0.25) is 11.7 Å². The van der Waals surface area contributed by atoms with Crippen LogP contribution in [-0.2, 0) is 33.8 Å². The number of aliphatic hydroxyl groups is 5. The Morgan fingerprint density at radius 1 is 0.851 bits per heavy atom. The molecule has 12 rings (SSSR count). The van der Waals surface area contributed by atoms with Crippen LogP contribution in [0.25, 0.3) is 10.8 Å². The molecule has 5 aliphatic heterocycles. The van der Waals surface area contributed by atoms with Crippen LogP contribution in [-0.4, -0.2) is 128 Å². The Kier molecular flexibility index (Phi) is 21.3. The lowest BCUT2D eigenvalue weighted by atomic mass is 9.51. The van der Waals surface area contributed by atoms with Gasteiger partial charge in [-0.05, 0) is 185 Å². The van der Waals surface area contributed by atoms with Gasteiger partial charge in [0.15, 0.2) is 23.0 Å². The highest BCUT2D eigenvalue weighted by Gasteiger charge is 2.53. The number of nitrogens with one attached hydrogen (secondary N) is 2. The largest absolute Gasteiger partial charge is 0.504 e. The molecule has 476 valence electrons. The van der Waals surface area contributed by atoms with E-state index in [0.29, 0.717) is 68.3 Å². The van der Waals surface area contributed by atoms with Crippen LogP contribution in [0.3, 0.4) is 0 Å². The summed E-state index contributed by atoms with van der Waals surface area (Å²) in [4.78, 5) is 13.1. The minimum atomic E-state index is -1.08. The van der Waals surface area contributed by atoms with E-state index in [4.69, 9.17) is 23.7 Å². The van der Waals surface area contributed by atoms with Gasteiger partial charge < -0.3 is 74.6 Å². The number of aromatic hydroxyl groups is 2. The average molecular weight is 1240 g/mol. The number of nitrogens with zero attached hydrogens (tertiary/aromatic N) is 1. The summed E-state index contributed by atoms with van der Waals surface area (Å²) in [6.45, 7) is 3.47. The Morgan fingerprint density at radius 3 is 2.45 bits per heavy atom. The summed E-state index contributed by atoms with van der Waals surface area (Å²) in [6.07, 6.45) is 16.2. The minimum absolute atomic E-state index is 0.00136. The van der Waals surface area contributed by atoms with Crippen LogP contribution in [0.4, 0.5) is 0 Å². The summed E-state index contributed by atoms with van der Waals surface area (Å²) in [7, 11) is 5.86. The van der Waals surface area contributed by atoms with Crippen LogP contribution < -0.4 is 24.8 Å². The fourth-order valence-corrected chi connectivity index (χ4v) is 19.6. The van der Waals surface area contributed by atoms with Crippen molar-refractivity contribution in [2.75, 3.05) is 39.9 Å². The molecule has 9 N–H and O–H groups in total. The first-order valence-corrected chi connectivity index (χ1v) is 34.9. The number of ether oxygens (including phenoxy) is 5. The third-order valence-electron chi connectivity index (χ3n) is 21.4. The van der Waals surface area contributed by atoms with E-state index in [0.717, 1.165) is 98.2 Å². The molecular formula is C69H95N3O13S2. The molecule has 4 fully saturated rings. The van der Waals surface area contributed by atoms with Crippen molar-refractivity contribution in [1.29, 1.82) is 0 Å². The molecule has 18 heteroatoms. The van der Waals surface area contributed by atoms with Gasteiger partial charge in [-0.3, -0.25) is 4.79 Å². The molecule has 1 saturated heterocycles. The molecule has 87 heavy (non-hydrogen) atoms. The highest BCUT2D eigenvalue weighted by atomic mass is 33.1. The molecule has 8 aliphatic rings. The maximum Gasteiger partial charge on any atom is 0.220 e. The lowest BCUT2D eigenvalue weighted by molar-refractivity contribution is -0.119. The highest BCUT2D eigenvalue weighted by Crippen LogP contribution is 2.58. The zero-order valence-electron chi connectivity index (χ0n) is 51.2. The maximum absolute atomic E-state index is 13.1. The molecule has 16 nitrogen and oxygen atoms in total. The molecule has 3 aromatic carbocycles. The molecule has 1 aromatic heterocycles. The zero-order valence-corrected chi connectivity index (χ0v) is 52.8. The number of aliphatic hydroxyl groups excluding tert-OH is 5. The summed E-state index contributed by atoms with van der Waals surface area (Å²) in [6, 6.07) is 12.9. The van der Waals surface area contributed by atoms with Crippen molar-refractivity contribution in [1.82, 2.24) is 15.2 Å². The van der Waals surface area contributed by atoms with Crippen molar-refractivity contribution < 1.29 is 64.2 Å². The van der Waals surface area contributed by atoms with E-state index in [9.17, 15) is 40.5 Å². The first kappa shape index (κ1) is 64.2. The van der Waals surface area contributed by atoms with E-state index in [2.05, 4.69) is 29.4 Å². The Bertz CT molecular complexity index is 3010. The van der Waals surface area contributed by atoms with Crippen molar-refractivity contribution in [3.05, 3.63) is 77.1 Å². The molecule has 0 unspecified atom stereocenters. The number of aromatic nitrogens is 1. The van der Waals surface area contributed by atoms with Gasteiger partial charge >= 0.3 is 0 Å². The Balaban J connectivity index is 0.965. The fourth-order valence-electron chi connectivity index (χ4n) is 16.7. The smallest absolute Gasteiger partial charge is 0.220 e. The van der Waals surface area contributed by atoms with Crippen LogP contribution in [0.5, 0.6) is 28.7 Å². The van der Waals surface area contributed by atoms with Crippen molar-refractivity contribution >= 4 is 38.3 Å². The second-order valence-corrected chi connectivity index (χ2v) is 29.5. The molecule has 3 aliphatic carbocycles. The number of rotatable bonds is 6. The number of carbonyl (C=O) groups is 1. The van der Waals surface area contributed by atoms with Gasteiger partial charge in [0.25, 0.3) is 0 Å². The van der Waals surface area contributed by atoms with E-state index in [1.54, 1.807) is 12.1 Å². The fraction of sp³-hybridized carbons (Fsp3) is 0.667. The Morgan fingerprint density at radius 2 is 1.66 bits per heavy atom. The number of aryl methyl sites for hydroxylation is 1. The first-order valence-electron chi connectivity index (χ1n) is 32.5. The van der Waals surface area contributed by atoms with Crippen LogP contribution in [0.2, 0.25) is 0 Å². The summed E-state index contributed by atoms with van der Waals surface area (Å²) in [5.74, 6) is 9.25. The van der Waals surface area contributed by atoms with Gasteiger partial charge in [-0.1, -0.05) is 78.3 Å². The van der Waals surface area contributed by atoms with Crippen molar-refractivity contribution in [2.45, 2.75) is 208 Å². The molecule has 6 heterocycles. The number of methoxy groups -OCH3 is 2. The van der Waals surface area contributed by atoms with E-state index in [1.165, 1.54) is 55.1 Å². The molecule has 4 aromatic rings. The molecule has 1 amide bonds. The summed E-state index contributed by atoms with van der Waals surface area (Å²) in [5.41, 5.74) is 2.79. The van der Waals surface area contributed by atoms with Crippen LogP contribution >= 0.6 is 21.6 Å². The predicted molar refractivity (Wildman–Crippen MR) is 339 cm³/mol. The van der Waals surface area contributed by atoms with Gasteiger partial charge in [-0.15, -0.1) is 5.92 Å². The molecule has 2 spiro atoms. The number of fused-ring (bicyclic) bond motifs is 8. The predicted octanol–water partition coefficient (Wildman–Crippen LogP) is 10.6. The first-order chi connectivity index (χ1) is 42.1. The quantitative estimate of drug-likeness (QED) is 0.0496. The molecule has 3 saturated carbocycles. The summed E-state index contributed by atoms with van der Waals surface area (Å²) < 4.78 is 32.5. The lowest BCUT2D eigenvalue weighted by Gasteiger charge is -2.53. The van der Waals surface area contributed by atoms with Gasteiger partial charge in [0, 0.05) is 77.1 Å². The number of phenolic OH excluding ortho intramolecular Hbond substituents is 2. The van der Waals surface area contributed by atoms with Crippen LogP contribution in [0, 0.1) is 52.8 Å². The molecule has 8 bridgehead atoms. The normalized spacial score (nSPS) is 33.9. The molecule has 0 radical (unpaired) electrons. The summed E-state index contributed by atoms with van der Waals surface area (Å²) in [5, 5.41) is 91.7. The van der Waals surface area contributed by atoms with E-state index >= 15 is 0 Å². The Hall–Kier alpha value is -4.39. The minimum Gasteiger partial charge on any atom is -0.504 e. The third kappa shape index (κ3) is 14.7. The lowest BCUT2D eigenvalue weighted by Crippen LogP contribution is -2.53. The monoisotopic (exact) mass is 1240 g/mol. The van der Waals surface area contributed by atoms with Gasteiger partial charge in [0.05, 0.1) is 50.8 Å².